The molecule has 0 unspecified atom stereocenters. The highest BCUT2D eigenvalue weighted by Gasteiger charge is 2.37. The average Bonchev–Trinajstić information content (AvgIpc) is 3.00. The molecule has 2 rings (SSSR count). The first kappa shape index (κ1) is 20.4. The van der Waals surface area contributed by atoms with Crippen LogP contribution in [0.15, 0.2) is 24.3 Å². The molecule has 8 nitrogen and oxygen atoms in total. The molecular weight excluding hydrogens is 350 g/mol. The number of benzene rings is 1. The van der Waals surface area contributed by atoms with Gasteiger partial charge in [0, 0.05) is 24.7 Å². The molecule has 8 heteroatoms. The highest BCUT2D eigenvalue weighted by Crippen LogP contribution is 2.29. The maximum Gasteiger partial charge on any atom is 0.321 e. The highest BCUT2D eigenvalue weighted by atomic mass is 16.5. The second-order valence-electron chi connectivity index (χ2n) is 6.67. The van der Waals surface area contributed by atoms with Gasteiger partial charge in [-0.2, -0.15) is 0 Å². The summed E-state index contributed by atoms with van der Waals surface area (Å²) in [5.41, 5.74) is 1.82. The fraction of sp³-hybridized carbons (Fsp3) is 0.474. The molecule has 1 aromatic carbocycles. The molecule has 1 saturated heterocycles. The van der Waals surface area contributed by atoms with E-state index in [-0.39, 0.29) is 24.9 Å². The Morgan fingerprint density at radius 1 is 1.26 bits per heavy atom. The Morgan fingerprint density at radius 2 is 1.96 bits per heavy atom. The molecule has 4 amide bonds. The Bertz CT molecular complexity index is 732. The number of carbonyl (C=O) groups is 4. The summed E-state index contributed by atoms with van der Waals surface area (Å²) in [6, 6.07) is 6.78. The number of urea groups is 1. The summed E-state index contributed by atoms with van der Waals surface area (Å²) in [5.74, 6) is -2.14. The molecule has 0 saturated carbocycles. The zero-order valence-electron chi connectivity index (χ0n) is 15.8. The number of aryl methyl sites for hydroxylation is 1. The monoisotopic (exact) mass is 375 g/mol. The molecule has 0 bridgehead atoms. The minimum atomic E-state index is -0.723. The van der Waals surface area contributed by atoms with E-state index < -0.39 is 30.4 Å². The number of para-hydroxylation sites is 1. The van der Waals surface area contributed by atoms with Gasteiger partial charge in [0.25, 0.3) is 5.91 Å². The standard InChI is InChI=1S/C19H25N3O5/c1-4-13-7-5-6-8-15(13)22-10-14(9-17(22)24)18(25)27-11-16(23)21-19(26)20-12(2)3/h5-8,12,14H,4,9-11H2,1-3H3,(H2,20,21,23,26)/t14-/m0/s1. The topological polar surface area (TPSA) is 105 Å². The van der Waals surface area contributed by atoms with Gasteiger partial charge in [0.2, 0.25) is 5.91 Å². The van der Waals surface area contributed by atoms with Crippen LogP contribution in [0.5, 0.6) is 0 Å². The van der Waals surface area contributed by atoms with E-state index in [2.05, 4.69) is 10.6 Å². The minimum Gasteiger partial charge on any atom is -0.455 e. The number of nitrogens with zero attached hydrogens (tertiary/aromatic N) is 1. The number of esters is 1. The fourth-order valence-corrected chi connectivity index (χ4v) is 2.89. The van der Waals surface area contributed by atoms with Crippen LogP contribution >= 0.6 is 0 Å². The number of rotatable bonds is 6. The van der Waals surface area contributed by atoms with Crippen LogP contribution in [0.4, 0.5) is 10.5 Å². The van der Waals surface area contributed by atoms with Crippen LogP contribution in [0.2, 0.25) is 0 Å². The van der Waals surface area contributed by atoms with Crippen molar-refractivity contribution >= 4 is 29.5 Å². The summed E-state index contributed by atoms with van der Waals surface area (Å²) >= 11 is 0. The number of amides is 4. The molecule has 2 N–H and O–H groups in total. The van der Waals surface area contributed by atoms with E-state index in [4.69, 9.17) is 4.74 Å². The van der Waals surface area contributed by atoms with Crippen LogP contribution < -0.4 is 15.5 Å². The van der Waals surface area contributed by atoms with Crippen LogP contribution in [0.1, 0.15) is 32.8 Å². The fourth-order valence-electron chi connectivity index (χ4n) is 2.89. The molecule has 1 aliphatic rings. The van der Waals surface area contributed by atoms with Gasteiger partial charge < -0.3 is 15.0 Å². The number of hydrogen-bond donors (Lipinski definition) is 2. The van der Waals surface area contributed by atoms with Gasteiger partial charge in [0.1, 0.15) is 0 Å². The van der Waals surface area contributed by atoms with E-state index in [0.717, 1.165) is 17.7 Å². The molecule has 1 aromatic rings. The predicted molar refractivity (Wildman–Crippen MR) is 99.0 cm³/mol. The average molecular weight is 375 g/mol. The molecule has 146 valence electrons. The Hall–Kier alpha value is -2.90. The molecule has 0 aliphatic carbocycles. The number of hydrogen-bond acceptors (Lipinski definition) is 5. The van der Waals surface area contributed by atoms with Gasteiger partial charge >= 0.3 is 12.0 Å². The van der Waals surface area contributed by atoms with Crippen LogP contribution in [0.3, 0.4) is 0 Å². The molecular formula is C19H25N3O5. The summed E-state index contributed by atoms with van der Waals surface area (Å²) in [5, 5.41) is 4.57. The zero-order chi connectivity index (χ0) is 20.0. The largest absolute Gasteiger partial charge is 0.455 e. The van der Waals surface area contributed by atoms with Gasteiger partial charge in [-0.15, -0.1) is 0 Å². The second kappa shape index (κ2) is 9.16. The first-order chi connectivity index (χ1) is 12.8. The van der Waals surface area contributed by atoms with Gasteiger partial charge in [0.05, 0.1) is 5.92 Å². The van der Waals surface area contributed by atoms with Crippen molar-refractivity contribution in [2.24, 2.45) is 5.92 Å². The third-order valence-electron chi connectivity index (χ3n) is 4.14. The second-order valence-corrected chi connectivity index (χ2v) is 6.67. The zero-order valence-corrected chi connectivity index (χ0v) is 15.8. The molecule has 0 radical (unpaired) electrons. The van der Waals surface area contributed by atoms with Crippen molar-refractivity contribution in [2.75, 3.05) is 18.1 Å². The summed E-state index contributed by atoms with van der Waals surface area (Å²) < 4.78 is 4.97. The third-order valence-corrected chi connectivity index (χ3v) is 4.14. The smallest absolute Gasteiger partial charge is 0.321 e. The molecule has 1 aliphatic heterocycles. The SMILES string of the molecule is CCc1ccccc1N1C[C@@H](C(=O)OCC(=O)NC(=O)NC(C)C)CC1=O. The van der Waals surface area contributed by atoms with Crippen molar-refractivity contribution in [3.8, 4) is 0 Å². The predicted octanol–water partition coefficient (Wildman–Crippen LogP) is 1.38. The van der Waals surface area contributed by atoms with Gasteiger partial charge in [0.15, 0.2) is 6.61 Å². The van der Waals surface area contributed by atoms with Crippen molar-refractivity contribution in [3.63, 3.8) is 0 Å². The Kier molecular flexibility index (Phi) is 6.92. The van der Waals surface area contributed by atoms with Crippen molar-refractivity contribution in [2.45, 2.75) is 39.7 Å². The van der Waals surface area contributed by atoms with Crippen molar-refractivity contribution < 1.29 is 23.9 Å². The molecule has 27 heavy (non-hydrogen) atoms. The minimum absolute atomic E-state index is 0.0341. The van der Waals surface area contributed by atoms with Crippen molar-refractivity contribution in [1.82, 2.24) is 10.6 Å². The number of ether oxygens (including phenoxy) is 1. The van der Waals surface area contributed by atoms with E-state index in [9.17, 15) is 19.2 Å². The van der Waals surface area contributed by atoms with Crippen LogP contribution in [0, 0.1) is 5.92 Å². The van der Waals surface area contributed by atoms with E-state index in [0.29, 0.717) is 0 Å². The molecule has 0 aromatic heterocycles. The van der Waals surface area contributed by atoms with Gasteiger partial charge in [-0.1, -0.05) is 25.1 Å². The summed E-state index contributed by atoms with van der Waals surface area (Å²) in [6.45, 7) is 5.15. The van der Waals surface area contributed by atoms with Crippen LogP contribution in [-0.2, 0) is 25.5 Å². The number of carbonyl (C=O) groups excluding carboxylic acids is 4. The van der Waals surface area contributed by atoms with E-state index >= 15 is 0 Å². The van der Waals surface area contributed by atoms with Crippen molar-refractivity contribution in [1.29, 1.82) is 0 Å². The lowest BCUT2D eigenvalue weighted by molar-refractivity contribution is -0.152. The number of imide groups is 1. The quantitative estimate of drug-likeness (QED) is 0.731. The highest BCUT2D eigenvalue weighted by molar-refractivity contribution is 6.00. The van der Waals surface area contributed by atoms with Crippen LogP contribution in [0.25, 0.3) is 0 Å². The lowest BCUT2D eigenvalue weighted by Gasteiger charge is -2.19. The lowest BCUT2D eigenvalue weighted by atomic mass is 10.1. The Labute approximate surface area is 158 Å². The Morgan fingerprint density at radius 3 is 2.63 bits per heavy atom. The first-order valence-corrected chi connectivity index (χ1v) is 8.97. The maximum absolute atomic E-state index is 12.3. The van der Waals surface area contributed by atoms with Gasteiger partial charge in [-0.25, -0.2) is 4.79 Å². The third kappa shape index (κ3) is 5.54. The Balaban J connectivity index is 1.88. The number of nitrogens with one attached hydrogen (secondary N) is 2. The molecule has 1 heterocycles. The van der Waals surface area contributed by atoms with Gasteiger partial charge in [-0.3, -0.25) is 19.7 Å². The molecule has 0 spiro atoms. The summed E-state index contributed by atoms with van der Waals surface area (Å²) in [6.07, 6.45) is 0.806. The van der Waals surface area contributed by atoms with E-state index in [1.807, 2.05) is 31.2 Å². The normalized spacial score (nSPS) is 16.4. The van der Waals surface area contributed by atoms with E-state index in [1.165, 1.54) is 0 Å². The summed E-state index contributed by atoms with van der Waals surface area (Å²) in [7, 11) is 0. The van der Waals surface area contributed by atoms with Gasteiger partial charge in [-0.05, 0) is 31.9 Å². The van der Waals surface area contributed by atoms with Crippen LogP contribution in [-0.4, -0.2) is 43.0 Å². The molecule has 1 fully saturated rings. The molecule has 1 atom stereocenters. The summed E-state index contributed by atoms with van der Waals surface area (Å²) in [4.78, 5) is 49.2. The lowest BCUT2D eigenvalue weighted by Crippen LogP contribution is -2.44. The first-order valence-electron chi connectivity index (χ1n) is 8.97. The van der Waals surface area contributed by atoms with E-state index in [1.54, 1.807) is 18.7 Å². The number of anilines is 1. The maximum atomic E-state index is 12.3. The van der Waals surface area contributed by atoms with Crippen molar-refractivity contribution in [3.05, 3.63) is 29.8 Å².